The summed E-state index contributed by atoms with van der Waals surface area (Å²) in [6, 6.07) is 13.0. The van der Waals surface area contributed by atoms with Crippen LogP contribution in [-0.4, -0.2) is 27.4 Å². The van der Waals surface area contributed by atoms with Gasteiger partial charge in [0.1, 0.15) is 5.82 Å². The Kier molecular flexibility index (Phi) is 3.69. The highest BCUT2D eigenvalue weighted by Crippen LogP contribution is 2.37. The van der Waals surface area contributed by atoms with Crippen molar-refractivity contribution in [3.8, 4) is 33.9 Å². The lowest BCUT2D eigenvalue weighted by Crippen LogP contribution is -1.92. The Bertz CT molecular complexity index is 1110. The number of nitrogens with two attached hydrogens (primary N) is 1. The summed E-state index contributed by atoms with van der Waals surface area (Å²) in [4.78, 5) is 4.53. The van der Waals surface area contributed by atoms with Crippen LogP contribution in [0.2, 0.25) is 0 Å². The maximum atomic E-state index is 13.2. The molecular weight excluding hydrogens is 335 g/mol. The van der Waals surface area contributed by atoms with E-state index in [0.717, 1.165) is 16.7 Å². The highest BCUT2D eigenvalue weighted by atomic mass is 19.1. The summed E-state index contributed by atoms with van der Waals surface area (Å²) in [5.41, 5.74) is 9.37. The number of methoxy groups -OCH3 is 1. The third kappa shape index (κ3) is 2.59. The van der Waals surface area contributed by atoms with Crippen molar-refractivity contribution in [2.45, 2.75) is 0 Å². The van der Waals surface area contributed by atoms with Gasteiger partial charge in [0.2, 0.25) is 0 Å². The van der Waals surface area contributed by atoms with Gasteiger partial charge in [-0.25, -0.2) is 9.37 Å². The van der Waals surface area contributed by atoms with Crippen LogP contribution in [0.4, 0.5) is 10.2 Å². The number of ether oxygens (including phenoxy) is 1. The lowest BCUT2D eigenvalue weighted by Gasteiger charge is -2.10. The lowest BCUT2D eigenvalue weighted by molar-refractivity contribution is 0.373. The van der Waals surface area contributed by atoms with Crippen LogP contribution in [0.1, 0.15) is 0 Å². The largest absolute Gasteiger partial charge is 0.504 e. The first-order chi connectivity index (χ1) is 12.6. The van der Waals surface area contributed by atoms with Gasteiger partial charge in [-0.1, -0.05) is 6.07 Å². The number of aromatic hydroxyl groups is 1. The normalized spacial score (nSPS) is 11.0. The summed E-state index contributed by atoms with van der Waals surface area (Å²) in [5.74, 6) is 0.378. The van der Waals surface area contributed by atoms with Crippen LogP contribution in [-0.2, 0) is 0 Å². The maximum Gasteiger partial charge on any atom is 0.160 e. The molecule has 0 amide bonds. The molecule has 0 unspecified atom stereocenters. The maximum absolute atomic E-state index is 13.2. The van der Waals surface area contributed by atoms with Crippen LogP contribution in [0, 0.1) is 5.82 Å². The molecule has 2 heterocycles. The SMILES string of the molecule is COc1ccc(-c2cc(-c3ccc(F)cc3)nc3[nH]nc(N)c23)cc1O. The number of H-pyrrole nitrogens is 1. The molecule has 0 aliphatic carbocycles. The monoisotopic (exact) mass is 350 g/mol. The first-order valence-electron chi connectivity index (χ1n) is 7.84. The van der Waals surface area contributed by atoms with Crippen LogP contribution in [0.3, 0.4) is 0 Å². The Morgan fingerprint density at radius 1 is 1.08 bits per heavy atom. The molecule has 6 nitrogen and oxygen atoms in total. The molecule has 0 spiro atoms. The summed E-state index contributed by atoms with van der Waals surface area (Å²) in [7, 11) is 1.49. The van der Waals surface area contributed by atoms with E-state index in [-0.39, 0.29) is 11.6 Å². The van der Waals surface area contributed by atoms with Crippen LogP contribution < -0.4 is 10.5 Å². The number of phenolic OH excluding ortho intramolecular Hbond substituents is 1. The molecule has 0 atom stereocenters. The molecule has 0 radical (unpaired) electrons. The van der Waals surface area contributed by atoms with Gasteiger partial charge in [-0.2, -0.15) is 5.10 Å². The molecule has 4 aromatic rings. The standard InChI is InChI=1S/C19H15FN4O2/c1-26-16-7-4-11(8-15(16)25)13-9-14(10-2-5-12(20)6-3-10)22-19-17(13)18(21)23-24-19/h2-9,25H,1H3,(H3,21,22,23,24). The molecule has 0 fully saturated rings. The molecule has 4 rings (SSSR count). The third-order valence-corrected chi connectivity index (χ3v) is 4.19. The topological polar surface area (TPSA) is 97.0 Å². The van der Waals surface area contributed by atoms with Crippen molar-refractivity contribution >= 4 is 16.9 Å². The Morgan fingerprint density at radius 3 is 2.50 bits per heavy atom. The van der Waals surface area contributed by atoms with Gasteiger partial charge in [0.15, 0.2) is 23.0 Å². The van der Waals surface area contributed by atoms with E-state index in [1.807, 2.05) is 12.1 Å². The van der Waals surface area contributed by atoms with Gasteiger partial charge >= 0.3 is 0 Å². The van der Waals surface area contributed by atoms with Gasteiger partial charge in [-0.05, 0) is 53.6 Å². The number of aromatic amines is 1. The highest BCUT2D eigenvalue weighted by molar-refractivity contribution is 6.01. The molecule has 2 aromatic heterocycles. The van der Waals surface area contributed by atoms with Gasteiger partial charge in [-0.15, -0.1) is 0 Å². The molecule has 0 aliphatic rings. The number of nitrogen functional groups attached to an aromatic ring is 1. The zero-order valence-corrected chi connectivity index (χ0v) is 13.8. The summed E-state index contributed by atoms with van der Waals surface area (Å²) >= 11 is 0. The second-order valence-electron chi connectivity index (χ2n) is 5.78. The number of anilines is 1. The molecule has 0 saturated heterocycles. The summed E-state index contributed by atoms with van der Waals surface area (Å²) in [6.45, 7) is 0. The smallest absolute Gasteiger partial charge is 0.160 e. The lowest BCUT2D eigenvalue weighted by atomic mass is 9.99. The first-order valence-corrected chi connectivity index (χ1v) is 7.84. The zero-order chi connectivity index (χ0) is 18.3. The fourth-order valence-corrected chi connectivity index (χ4v) is 2.91. The summed E-state index contributed by atoms with van der Waals surface area (Å²) in [5, 5.41) is 17.6. The number of hydrogen-bond donors (Lipinski definition) is 3. The minimum absolute atomic E-state index is 0.0142. The predicted octanol–water partition coefficient (Wildman–Crippen LogP) is 3.73. The number of pyridine rings is 1. The van der Waals surface area contributed by atoms with Crippen molar-refractivity contribution in [1.29, 1.82) is 0 Å². The Labute approximate surface area is 148 Å². The van der Waals surface area contributed by atoms with Gasteiger partial charge < -0.3 is 15.6 Å². The van der Waals surface area contributed by atoms with Crippen molar-refractivity contribution in [2.75, 3.05) is 12.8 Å². The fraction of sp³-hybridized carbons (Fsp3) is 0.0526. The van der Waals surface area contributed by atoms with E-state index in [0.29, 0.717) is 28.3 Å². The first kappa shape index (κ1) is 15.9. The minimum Gasteiger partial charge on any atom is -0.504 e. The van der Waals surface area contributed by atoms with E-state index in [2.05, 4.69) is 15.2 Å². The number of aromatic nitrogens is 3. The number of halogens is 1. The Hall–Kier alpha value is -3.61. The average molecular weight is 350 g/mol. The van der Waals surface area contributed by atoms with E-state index >= 15 is 0 Å². The molecular formula is C19H15FN4O2. The molecule has 7 heteroatoms. The van der Waals surface area contributed by atoms with Gasteiger partial charge in [-0.3, -0.25) is 5.10 Å². The van der Waals surface area contributed by atoms with Gasteiger partial charge in [0, 0.05) is 5.56 Å². The van der Waals surface area contributed by atoms with Crippen molar-refractivity contribution < 1.29 is 14.2 Å². The second-order valence-corrected chi connectivity index (χ2v) is 5.78. The molecule has 130 valence electrons. The fourth-order valence-electron chi connectivity index (χ4n) is 2.91. The van der Waals surface area contributed by atoms with E-state index in [1.54, 1.807) is 24.3 Å². The van der Waals surface area contributed by atoms with E-state index in [1.165, 1.54) is 19.2 Å². The van der Waals surface area contributed by atoms with Crippen LogP contribution in [0.5, 0.6) is 11.5 Å². The van der Waals surface area contributed by atoms with E-state index in [4.69, 9.17) is 10.5 Å². The zero-order valence-electron chi connectivity index (χ0n) is 13.8. The van der Waals surface area contributed by atoms with Crippen molar-refractivity contribution in [3.05, 3.63) is 54.3 Å². The molecule has 0 aliphatic heterocycles. The molecule has 26 heavy (non-hydrogen) atoms. The molecule has 0 bridgehead atoms. The quantitative estimate of drug-likeness (QED) is 0.523. The predicted molar refractivity (Wildman–Crippen MR) is 97.3 cm³/mol. The number of rotatable bonds is 3. The summed E-state index contributed by atoms with van der Waals surface area (Å²) in [6.07, 6.45) is 0. The third-order valence-electron chi connectivity index (χ3n) is 4.19. The second kappa shape index (κ2) is 6.03. The van der Waals surface area contributed by atoms with Crippen molar-refractivity contribution in [1.82, 2.24) is 15.2 Å². The number of fused-ring (bicyclic) bond motifs is 1. The molecule has 0 saturated carbocycles. The molecule has 4 N–H and O–H groups in total. The highest BCUT2D eigenvalue weighted by Gasteiger charge is 2.15. The van der Waals surface area contributed by atoms with E-state index < -0.39 is 0 Å². The number of benzene rings is 2. The van der Waals surface area contributed by atoms with Crippen LogP contribution in [0.25, 0.3) is 33.4 Å². The number of phenols is 1. The van der Waals surface area contributed by atoms with Crippen molar-refractivity contribution in [3.63, 3.8) is 0 Å². The average Bonchev–Trinajstić information content (AvgIpc) is 3.02. The molecule has 2 aromatic carbocycles. The number of nitrogens with one attached hydrogen (secondary N) is 1. The van der Waals surface area contributed by atoms with Gasteiger partial charge in [0.05, 0.1) is 18.2 Å². The number of nitrogens with zero attached hydrogens (tertiary/aromatic N) is 2. The van der Waals surface area contributed by atoms with Crippen LogP contribution in [0.15, 0.2) is 48.5 Å². The van der Waals surface area contributed by atoms with Crippen molar-refractivity contribution in [2.24, 2.45) is 0 Å². The summed E-state index contributed by atoms with van der Waals surface area (Å²) < 4.78 is 18.3. The van der Waals surface area contributed by atoms with Crippen LogP contribution >= 0.6 is 0 Å². The Balaban J connectivity index is 1.96. The van der Waals surface area contributed by atoms with E-state index in [9.17, 15) is 9.50 Å². The number of hydrogen-bond acceptors (Lipinski definition) is 5. The minimum atomic E-state index is -0.319. The van der Waals surface area contributed by atoms with Gasteiger partial charge in [0.25, 0.3) is 0 Å². The Morgan fingerprint density at radius 2 is 1.81 bits per heavy atom.